The van der Waals surface area contributed by atoms with E-state index >= 15 is 0 Å². The second-order valence-corrected chi connectivity index (χ2v) is 7.93. The summed E-state index contributed by atoms with van der Waals surface area (Å²) in [5.41, 5.74) is -0.319. The first-order valence-corrected chi connectivity index (χ1v) is 8.53. The molecule has 0 radical (unpaired) electrons. The van der Waals surface area contributed by atoms with Gasteiger partial charge in [-0.3, -0.25) is 0 Å². The van der Waals surface area contributed by atoms with Gasteiger partial charge < -0.3 is 4.74 Å². The lowest BCUT2D eigenvalue weighted by Gasteiger charge is -2.18. The Kier molecular flexibility index (Phi) is 5.59. The number of carbonyl (C=O) groups excluding carboxylic acids is 1. The molecule has 0 fully saturated rings. The van der Waals surface area contributed by atoms with Crippen LogP contribution in [0.1, 0.15) is 32.9 Å². The van der Waals surface area contributed by atoms with Crippen molar-refractivity contribution in [3.05, 3.63) is 18.0 Å². The maximum atomic E-state index is 11.7. The SMILES string of the molecule is CC(C)(C)OC(=O)n1ccc(CS(=O)(=O)CCCCl)n1. The Morgan fingerprint density at radius 1 is 1.45 bits per heavy atom. The van der Waals surface area contributed by atoms with Gasteiger partial charge in [-0.25, -0.2) is 13.2 Å². The van der Waals surface area contributed by atoms with Crippen LogP contribution in [0.15, 0.2) is 12.3 Å². The summed E-state index contributed by atoms with van der Waals surface area (Å²) in [6.07, 6.45) is 1.15. The van der Waals surface area contributed by atoms with Crippen molar-refractivity contribution in [2.24, 2.45) is 0 Å². The average Bonchev–Trinajstić information content (AvgIpc) is 2.72. The van der Waals surface area contributed by atoms with Crippen LogP contribution in [0.5, 0.6) is 0 Å². The maximum absolute atomic E-state index is 11.7. The Morgan fingerprint density at radius 2 is 2.10 bits per heavy atom. The van der Waals surface area contributed by atoms with E-state index in [9.17, 15) is 13.2 Å². The number of aromatic nitrogens is 2. The zero-order chi connectivity index (χ0) is 15.4. The highest BCUT2D eigenvalue weighted by atomic mass is 35.5. The Bertz CT molecular complexity index is 560. The van der Waals surface area contributed by atoms with Crippen LogP contribution < -0.4 is 0 Å². The van der Waals surface area contributed by atoms with Gasteiger partial charge in [0.25, 0.3) is 0 Å². The topological polar surface area (TPSA) is 78.3 Å². The molecule has 0 aromatic carbocycles. The molecule has 0 aliphatic heterocycles. The van der Waals surface area contributed by atoms with Gasteiger partial charge in [-0.2, -0.15) is 9.78 Å². The third kappa shape index (κ3) is 5.92. The second-order valence-electron chi connectivity index (χ2n) is 5.37. The monoisotopic (exact) mass is 322 g/mol. The van der Waals surface area contributed by atoms with Crippen molar-refractivity contribution in [2.45, 2.75) is 38.5 Å². The van der Waals surface area contributed by atoms with Gasteiger partial charge in [-0.1, -0.05) is 0 Å². The van der Waals surface area contributed by atoms with E-state index in [-0.39, 0.29) is 11.5 Å². The molecule has 0 spiro atoms. The lowest BCUT2D eigenvalue weighted by atomic mass is 10.2. The van der Waals surface area contributed by atoms with Crippen molar-refractivity contribution >= 4 is 27.5 Å². The molecule has 0 unspecified atom stereocenters. The van der Waals surface area contributed by atoms with Crippen LogP contribution in [0.3, 0.4) is 0 Å². The normalized spacial score (nSPS) is 12.4. The Labute approximate surface area is 124 Å². The number of alkyl halides is 1. The summed E-state index contributed by atoms with van der Waals surface area (Å²) in [5.74, 6) is 0.0983. The van der Waals surface area contributed by atoms with Crippen molar-refractivity contribution in [1.82, 2.24) is 9.78 Å². The molecular weight excluding hydrogens is 304 g/mol. The van der Waals surface area contributed by atoms with Gasteiger partial charge in [-0.05, 0) is 33.3 Å². The fourth-order valence-corrected chi connectivity index (χ4v) is 3.05. The number of hydrogen-bond acceptors (Lipinski definition) is 5. The van der Waals surface area contributed by atoms with Gasteiger partial charge in [-0.15, -0.1) is 11.6 Å². The van der Waals surface area contributed by atoms with E-state index in [0.29, 0.717) is 18.0 Å². The van der Waals surface area contributed by atoms with E-state index in [1.54, 1.807) is 20.8 Å². The fraction of sp³-hybridized carbons (Fsp3) is 0.667. The number of carbonyl (C=O) groups is 1. The first-order chi connectivity index (χ1) is 9.13. The number of halogens is 1. The van der Waals surface area contributed by atoms with Crippen molar-refractivity contribution in [2.75, 3.05) is 11.6 Å². The summed E-state index contributed by atoms with van der Waals surface area (Å²) in [5, 5.41) is 3.92. The van der Waals surface area contributed by atoms with Crippen molar-refractivity contribution in [1.29, 1.82) is 0 Å². The van der Waals surface area contributed by atoms with E-state index in [1.165, 1.54) is 12.3 Å². The van der Waals surface area contributed by atoms with Crippen LogP contribution in [0.25, 0.3) is 0 Å². The van der Waals surface area contributed by atoms with Gasteiger partial charge in [0, 0.05) is 12.1 Å². The number of rotatable bonds is 5. The van der Waals surface area contributed by atoms with Crippen molar-refractivity contribution in [3.63, 3.8) is 0 Å². The molecule has 1 aromatic rings. The van der Waals surface area contributed by atoms with E-state index in [4.69, 9.17) is 16.3 Å². The largest absolute Gasteiger partial charge is 0.442 e. The Hall–Kier alpha value is -1.08. The molecule has 0 saturated carbocycles. The van der Waals surface area contributed by atoms with Crippen LogP contribution in [0.2, 0.25) is 0 Å². The van der Waals surface area contributed by atoms with Gasteiger partial charge in [0.2, 0.25) is 0 Å². The molecule has 20 heavy (non-hydrogen) atoms. The number of ether oxygens (including phenoxy) is 1. The van der Waals surface area contributed by atoms with Gasteiger partial charge in [0.15, 0.2) is 9.84 Å². The zero-order valence-electron chi connectivity index (χ0n) is 11.8. The lowest BCUT2D eigenvalue weighted by Crippen LogP contribution is -2.27. The molecule has 1 rings (SSSR count). The lowest BCUT2D eigenvalue weighted by molar-refractivity contribution is 0.0514. The van der Waals surface area contributed by atoms with E-state index in [0.717, 1.165) is 4.68 Å². The van der Waals surface area contributed by atoms with Crippen molar-refractivity contribution < 1.29 is 17.9 Å². The molecular formula is C12H19ClN2O4S. The number of nitrogens with zero attached hydrogens (tertiary/aromatic N) is 2. The first kappa shape index (κ1) is 17.0. The Balaban J connectivity index is 2.71. The summed E-state index contributed by atoms with van der Waals surface area (Å²) in [4.78, 5) is 11.7. The summed E-state index contributed by atoms with van der Waals surface area (Å²) >= 11 is 5.47. The van der Waals surface area contributed by atoms with Crippen LogP contribution in [0.4, 0.5) is 4.79 Å². The zero-order valence-corrected chi connectivity index (χ0v) is 13.4. The van der Waals surface area contributed by atoms with Gasteiger partial charge >= 0.3 is 6.09 Å². The van der Waals surface area contributed by atoms with Crippen LogP contribution in [0, 0.1) is 0 Å². The molecule has 8 heteroatoms. The molecule has 0 aliphatic rings. The third-order valence-electron chi connectivity index (χ3n) is 2.18. The minimum absolute atomic E-state index is 0.00972. The smallest absolute Gasteiger partial charge is 0.435 e. The van der Waals surface area contributed by atoms with Crippen LogP contribution in [-0.2, 0) is 20.3 Å². The van der Waals surface area contributed by atoms with Crippen LogP contribution >= 0.6 is 11.6 Å². The first-order valence-electron chi connectivity index (χ1n) is 6.17. The molecule has 0 atom stereocenters. The highest BCUT2D eigenvalue weighted by Crippen LogP contribution is 2.10. The molecule has 1 aromatic heterocycles. The van der Waals surface area contributed by atoms with Crippen LogP contribution in [-0.4, -0.2) is 41.5 Å². The fourth-order valence-electron chi connectivity index (χ4n) is 1.42. The summed E-state index contributed by atoms with van der Waals surface area (Å²) in [7, 11) is -3.26. The highest BCUT2D eigenvalue weighted by molar-refractivity contribution is 7.90. The number of sulfone groups is 1. The minimum Gasteiger partial charge on any atom is -0.442 e. The third-order valence-corrected chi connectivity index (χ3v) is 4.10. The predicted molar refractivity (Wildman–Crippen MR) is 76.7 cm³/mol. The summed E-state index contributed by atoms with van der Waals surface area (Å²) in [6.45, 7) is 5.23. The quantitative estimate of drug-likeness (QED) is 0.777. The number of hydrogen-bond donors (Lipinski definition) is 0. The van der Waals surface area contributed by atoms with Gasteiger partial charge in [0.05, 0.1) is 17.2 Å². The van der Waals surface area contributed by atoms with Gasteiger partial charge in [0.1, 0.15) is 5.60 Å². The van der Waals surface area contributed by atoms with E-state index in [1.807, 2.05) is 0 Å². The van der Waals surface area contributed by atoms with E-state index < -0.39 is 21.5 Å². The molecule has 6 nitrogen and oxygen atoms in total. The summed E-state index contributed by atoms with van der Waals surface area (Å²) < 4.78 is 29.6. The molecule has 0 aliphatic carbocycles. The van der Waals surface area contributed by atoms with Crippen molar-refractivity contribution in [3.8, 4) is 0 Å². The molecule has 0 bridgehead atoms. The molecule has 0 saturated heterocycles. The molecule has 114 valence electrons. The van der Waals surface area contributed by atoms with E-state index in [2.05, 4.69) is 5.10 Å². The highest BCUT2D eigenvalue weighted by Gasteiger charge is 2.20. The standard InChI is InChI=1S/C12H19ClN2O4S/c1-12(2,3)19-11(16)15-7-5-10(14-15)9-20(17,18)8-4-6-13/h5,7H,4,6,8-9H2,1-3H3. The summed E-state index contributed by atoms with van der Waals surface area (Å²) in [6, 6.07) is 1.49. The predicted octanol–water partition coefficient (Wildman–Crippen LogP) is 2.21. The minimum atomic E-state index is -3.26. The average molecular weight is 323 g/mol. The molecule has 0 amide bonds. The maximum Gasteiger partial charge on any atom is 0.435 e. The second kappa shape index (κ2) is 6.58. The Morgan fingerprint density at radius 3 is 2.65 bits per heavy atom. The molecule has 0 N–H and O–H groups in total. The molecule has 1 heterocycles.